The molecule has 0 aromatic heterocycles. The molecular weight excluding hydrogens is 336 g/mol. The van der Waals surface area contributed by atoms with Crippen LogP contribution in [-0.4, -0.2) is 25.1 Å². The van der Waals surface area contributed by atoms with Crippen LogP contribution in [-0.2, 0) is 17.8 Å². The van der Waals surface area contributed by atoms with Crippen LogP contribution in [0, 0.1) is 0 Å². The van der Waals surface area contributed by atoms with Crippen molar-refractivity contribution in [2.45, 2.75) is 52.2 Å². The Kier molecular flexibility index (Phi) is 6.74. The van der Waals surface area contributed by atoms with Gasteiger partial charge in [0, 0.05) is 25.3 Å². The molecule has 144 valence electrons. The fraction of sp³-hybridized carbons (Fsp3) is 0.435. The highest BCUT2D eigenvalue weighted by Crippen LogP contribution is 2.21. The highest BCUT2D eigenvalue weighted by molar-refractivity contribution is 5.80. The number of nitrogens with zero attached hydrogens (tertiary/aromatic N) is 1. The number of hydrogen-bond acceptors (Lipinski definition) is 3. The summed E-state index contributed by atoms with van der Waals surface area (Å²) in [6.07, 6.45) is 4.25. The van der Waals surface area contributed by atoms with Crippen LogP contribution in [0.2, 0.25) is 0 Å². The van der Waals surface area contributed by atoms with E-state index in [4.69, 9.17) is 4.74 Å². The van der Waals surface area contributed by atoms with E-state index in [9.17, 15) is 4.79 Å². The molecule has 27 heavy (non-hydrogen) atoms. The summed E-state index contributed by atoms with van der Waals surface area (Å²) in [7, 11) is 0. The van der Waals surface area contributed by atoms with Gasteiger partial charge in [0.1, 0.15) is 5.75 Å². The molecule has 1 heterocycles. The van der Waals surface area contributed by atoms with Crippen molar-refractivity contribution in [2.75, 3.05) is 18.0 Å². The first kappa shape index (κ1) is 19.3. The molecule has 0 spiro atoms. The summed E-state index contributed by atoms with van der Waals surface area (Å²) in [5, 5.41) is 2.98. The number of carbonyl (C=O) groups excluding carboxylic acids is 1. The molecule has 0 aliphatic carbocycles. The van der Waals surface area contributed by atoms with Crippen molar-refractivity contribution in [1.82, 2.24) is 5.32 Å². The third-order valence-electron chi connectivity index (χ3n) is 5.15. The zero-order valence-electron chi connectivity index (χ0n) is 16.4. The molecular formula is C23H30N2O2. The fourth-order valence-corrected chi connectivity index (χ4v) is 3.46. The molecule has 1 atom stereocenters. The highest BCUT2D eigenvalue weighted by atomic mass is 16.5. The van der Waals surface area contributed by atoms with Crippen molar-refractivity contribution in [2.24, 2.45) is 0 Å². The maximum Gasteiger partial charge on any atom is 0.261 e. The highest BCUT2D eigenvalue weighted by Gasteiger charge is 2.16. The Bertz CT molecular complexity index is 736. The topological polar surface area (TPSA) is 41.6 Å². The number of amides is 1. The van der Waals surface area contributed by atoms with Gasteiger partial charge in [-0.3, -0.25) is 4.79 Å². The Hall–Kier alpha value is -2.49. The predicted molar refractivity (Wildman–Crippen MR) is 110 cm³/mol. The van der Waals surface area contributed by atoms with Crippen LogP contribution in [0.4, 0.5) is 5.69 Å². The average Bonchev–Trinajstić information content (AvgIpc) is 2.73. The molecule has 0 saturated carbocycles. The molecule has 1 aliphatic rings. The van der Waals surface area contributed by atoms with Crippen LogP contribution in [0.15, 0.2) is 48.5 Å². The minimum atomic E-state index is -0.523. The van der Waals surface area contributed by atoms with E-state index in [1.54, 1.807) is 6.92 Å². The number of para-hydroxylation sites is 1. The standard InChI is InChI=1S/C23H30N2O2/c1-3-20-9-5-6-10-22(20)27-18(2)23(26)24-17-19-11-13-21(14-12-19)25-15-7-4-8-16-25/h5-6,9-14,18H,3-4,7-8,15-17H2,1-2H3,(H,24,26). The van der Waals surface area contributed by atoms with Crippen molar-refractivity contribution in [3.05, 3.63) is 59.7 Å². The van der Waals surface area contributed by atoms with E-state index in [0.717, 1.165) is 36.4 Å². The third kappa shape index (κ3) is 5.25. The molecule has 3 rings (SSSR count). The van der Waals surface area contributed by atoms with E-state index < -0.39 is 6.10 Å². The van der Waals surface area contributed by atoms with Crippen molar-refractivity contribution in [1.29, 1.82) is 0 Å². The van der Waals surface area contributed by atoms with E-state index >= 15 is 0 Å². The number of rotatable bonds is 7. The van der Waals surface area contributed by atoms with Crippen LogP contribution in [0.25, 0.3) is 0 Å². The summed E-state index contributed by atoms with van der Waals surface area (Å²) >= 11 is 0. The van der Waals surface area contributed by atoms with Crippen molar-refractivity contribution < 1.29 is 9.53 Å². The number of nitrogens with one attached hydrogen (secondary N) is 1. The fourth-order valence-electron chi connectivity index (χ4n) is 3.46. The van der Waals surface area contributed by atoms with Crippen LogP contribution in [0.3, 0.4) is 0 Å². The molecule has 4 nitrogen and oxygen atoms in total. The SMILES string of the molecule is CCc1ccccc1OC(C)C(=O)NCc1ccc(N2CCCCC2)cc1. The summed E-state index contributed by atoms with van der Waals surface area (Å²) < 4.78 is 5.87. The molecule has 0 bridgehead atoms. The van der Waals surface area contributed by atoms with E-state index in [1.165, 1.54) is 24.9 Å². The number of aryl methyl sites for hydroxylation is 1. The van der Waals surface area contributed by atoms with Gasteiger partial charge in [-0.2, -0.15) is 0 Å². The van der Waals surface area contributed by atoms with Gasteiger partial charge in [-0.1, -0.05) is 37.3 Å². The van der Waals surface area contributed by atoms with Gasteiger partial charge < -0.3 is 15.0 Å². The minimum Gasteiger partial charge on any atom is -0.481 e. The quantitative estimate of drug-likeness (QED) is 0.793. The van der Waals surface area contributed by atoms with E-state index in [2.05, 4.69) is 41.4 Å². The van der Waals surface area contributed by atoms with E-state index in [1.807, 2.05) is 24.3 Å². The molecule has 1 N–H and O–H groups in total. The maximum atomic E-state index is 12.4. The monoisotopic (exact) mass is 366 g/mol. The molecule has 2 aromatic carbocycles. The summed E-state index contributed by atoms with van der Waals surface area (Å²) in [6.45, 7) is 6.68. The number of ether oxygens (including phenoxy) is 1. The Morgan fingerprint density at radius 2 is 1.78 bits per heavy atom. The van der Waals surface area contributed by atoms with Gasteiger partial charge in [0.15, 0.2) is 6.10 Å². The minimum absolute atomic E-state index is 0.0963. The maximum absolute atomic E-state index is 12.4. The van der Waals surface area contributed by atoms with Gasteiger partial charge in [0.2, 0.25) is 0 Å². The van der Waals surface area contributed by atoms with Crippen molar-refractivity contribution in [3.63, 3.8) is 0 Å². The van der Waals surface area contributed by atoms with Gasteiger partial charge in [-0.05, 0) is 61.9 Å². The Morgan fingerprint density at radius 1 is 1.07 bits per heavy atom. The van der Waals surface area contributed by atoms with Gasteiger partial charge in [-0.15, -0.1) is 0 Å². The lowest BCUT2D eigenvalue weighted by Gasteiger charge is -2.28. The summed E-state index contributed by atoms with van der Waals surface area (Å²) in [5.74, 6) is 0.689. The van der Waals surface area contributed by atoms with Crippen molar-refractivity contribution in [3.8, 4) is 5.75 Å². The first-order valence-electron chi connectivity index (χ1n) is 10.0. The Balaban J connectivity index is 1.50. The molecule has 0 radical (unpaired) electrons. The first-order chi connectivity index (χ1) is 13.2. The largest absolute Gasteiger partial charge is 0.481 e. The molecule has 1 amide bonds. The van der Waals surface area contributed by atoms with Crippen LogP contribution in [0.5, 0.6) is 5.75 Å². The number of carbonyl (C=O) groups is 1. The molecule has 2 aromatic rings. The zero-order chi connectivity index (χ0) is 19.1. The number of benzene rings is 2. The summed E-state index contributed by atoms with van der Waals surface area (Å²) in [6, 6.07) is 16.4. The lowest BCUT2D eigenvalue weighted by Crippen LogP contribution is -2.36. The second-order valence-electron chi connectivity index (χ2n) is 7.15. The predicted octanol–water partition coefficient (Wildman–Crippen LogP) is 4.32. The molecule has 1 fully saturated rings. The molecule has 1 aliphatic heterocycles. The second kappa shape index (κ2) is 9.45. The van der Waals surface area contributed by atoms with E-state index in [-0.39, 0.29) is 5.91 Å². The zero-order valence-corrected chi connectivity index (χ0v) is 16.4. The van der Waals surface area contributed by atoms with Gasteiger partial charge >= 0.3 is 0 Å². The normalized spacial score (nSPS) is 15.3. The number of anilines is 1. The van der Waals surface area contributed by atoms with Crippen LogP contribution >= 0.6 is 0 Å². The lowest BCUT2D eigenvalue weighted by atomic mass is 10.1. The third-order valence-corrected chi connectivity index (χ3v) is 5.15. The van der Waals surface area contributed by atoms with Crippen LogP contribution in [0.1, 0.15) is 44.2 Å². The number of piperidine rings is 1. The Morgan fingerprint density at radius 3 is 2.48 bits per heavy atom. The van der Waals surface area contributed by atoms with Gasteiger partial charge in [0.05, 0.1) is 0 Å². The van der Waals surface area contributed by atoms with E-state index in [0.29, 0.717) is 6.54 Å². The summed E-state index contributed by atoms with van der Waals surface area (Å²) in [4.78, 5) is 14.8. The van der Waals surface area contributed by atoms with Gasteiger partial charge in [-0.25, -0.2) is 0 Å². The van der Waals surface area contributed by atoms with Crippen LogP contribution < -0.4 is 15.0 Å². The number of hydrogen-bond donors (Lipinski definition) is 1. The Labute approximate surface area is 162 Å². The molecule has 1 unspecified atom stereocenters. The average molecular weight is 367 g/mol. The van der Waals surface area contributed by atoms with Gasteiger partial charge in [0.25, 0.3) is 5.91 Å². The smallest absolute Gasteiger partial charge is 0.261 e. The molecule has 4 heteroatoms. The van der Waals surface area contributed by atoms with Crippen molar-refractivity contribution >= 4 is 11.6 Å². The first-order valence-corrected chi connectivity index (χ1v) is 10.0. The lowest BCUT2D eigenvalue weighted by molar-refractivity contribution is -0.127. The molecule has 1 saturated heterocycles. The summed E-state index contributed by atoms with van der Waals surface area (Å²) in [5.41, 5.74) is 3.49. The second-order valence-corrected chi connectivity index (χ2v) is 7.15.